The van der Waals surface area contributed by atoms with Crippen molar-refractivity contribution >= 4 is 59.6 Å². The number of amides is 1. The number of anilines is 1. The zero-order valence-electron chi connectivity index (χ0n) is 22.8. The third-order valence-corrected chi connectivity index (χ3v) is 11.1. The summed E-state index contributed by atoms with van der Waals surface area (Å²) in [5, 5.41) is 11.7. The summed E-state index contributed by atoms with van der Waals surface area (Å²) in [6.45, 7) is 7.32. The topological polar surface area (TPSA) is 107 Å². The molecule has 12 heteroatoms. The molecule has 0 aliphatic carbocycles. The highest BCUT2D eigenvalue weighted by Crippen LogP contribution is 2.45. The minimum absolute atomic E-state index is 0.00825. The molecule has 0 saturated heterocycles. The van der Waals surface area contributed by atoms with Gasteiger partial charge in [-0.25, -0.2) is 4.98 Å². The molecule has 9 nitrogen and oxygen atoms in total. The molecular formula is C27H36N6O3S3. The molecule has 3 N–H and O–H groups in total. The molecule has 3 aromatic rings. The van der Waals surface area contributed by atoms with Crippen LogP contribution >= 0.6 is 22.7 Å². The second-order valence-corrected chi connectivity index (χ2v) is 14.6. The summed E-state index contributed by atoms with van der Waals surface area (Å²) in [5.41, 5.74) is 5.48. The third kappa shape index (κ3) is 6.12. The van der Waals surface area contributed by atoms with Crippen LogP contribution in [0.2, 0.25) is 0 Å². The van der Waals surface area contributed by atoms with Crippen molar-refractivity contribution in [2.24, 2.45) is 0 Å². The van der Waals surface area contributed by atoms with Crippen LogP contribution in [0.25, 0.3) is 26.4 Å². The van der Waals surface area contributed by atoms with E-state index in [0.29, 0.717) is 38.5 Å². The Kier molecular flexibility index (Phi) is 8.53. The summed E-state index contributed by atoms with van der Waals surface area (Å²) in [4.78, 5) is 19.1. The van der Waals surface area contributed by atoms with Crippen LogP contribution in [0.15, 0.2) is 24.3 Å². The summed E-state index contributed by atoms with van der Waals surface area (Å²) in [7, 11) is -0.298. The molecule has 4 heterocycles. The van der Waals surface area contributed by atoms with Crippen molar-refractivity contribution in [1.29, 1.82) is 0 Å². The van der Waals surface area contributed by atoms with Crippen molar-refractivity contribution in [3.8, 4) is 10.6 Å². The number of rotatable bonds is 9. The third-order valence-electron chi connectivity index (χ3n) is 7.02. The van der Waals surface area contributed by atoms with Crippen LogP contribution in [-0.4, -0.2) is 74.2 Å². The fraction of sp³-hybridized carbons (Fsp3) is 0.481. The highest BCUT2D eigenvalue weighted by atomic mass is 32.2. The van der Waals surface area contributed by atoms with Crippen LogP contribution in [0.4, 0.5) is 5.00 Å². The maximum absolute atomic E-state index is 12.8. The number of nitrogens with one attached hydrogen (secondary N) is 3. The van der Waals surface area contributed by atoms with Gasteiger partial charge in [-0.05, 0) is 48.2 Å². The van der Waals surface area contributed by atoms with Gasteiger partial charge in [0.05, 0.1) is 10.2 Å². The number of hydrogen-bond donors (Lipinski definition) is 3. The van der Waals surface area contributed by atoms with Crippen LogP contribution in [0, 0.1) is 0 Å². The SMILES string of the molecule is CC(C)NCCC(=O)Nc1sc2c(c1-c1nc3cc(C4=CCN(S(=O)(=O)N(C)C)CC4)ccc3s1)CCNC2. The molecule has 0 fully saturated rings. The van der Waals surface area contributed by atoms with Gasteiger partial charge >= 0.3 is 0 Å². The van der Waals surface area contributed by atoms with Crippen LogP contribution in [0.5, 0.6) is 0 Å². The van der Waals surface area contributed by atoms with Gasteiger partial charge in [-0.1, -0.05) is 26.0 Å². The normalized spacial score (nSPS) is 16.6. The van der Waals surface area contributed by atoms with Gasteiger partial charge in [0.15, 0.2) is 0 Å². The van der Waals surface area contributed by atoms with Crippen molar-refractivity contribution in [1.82, 2.24) is 24.2 Å². The number of nitrogens with zero attached hydrogens (tertiary/aromatic N) is 3. The molecule has 5 rings (SSSR count). The Balaban J connectivity index is 1.41. The van der Waals surface area contributed by atoms with E-state index in [-0.39, 0.29) is 5.91 Å². The number of thiophene rings is 1. The molecule has 1 aromatic carbocycles. The van der Waals surface area contributed by atoms with Crippen LogP contribution in [-0.2, 0) is 28.0 Å². The number of aromatic nitrogens is 1. The van der Waals surface area contributed by atoms with Gasteiger partial charge in [-0.2, -0.15) is 17.0 Å². The summed E-state index contributed by atoms with van der Waals surface area (Å²) in [6, 6.07) is 6.65. The fourth-order valence-electron chi connectivity index (χ4n) is 4.90. The zero-order chi connectivity index (χ0) is 27.7. The van der Waals surface area contributed by atoms with E-state index in [2.05, 4.69) is 48.0 Å². The van der Waals surface area contributed by atoms with Crippen molar-refractivity contribution in [3.63, 3.8) is 0 Å². The number of fused-ring (bicyclic) bond motifs is 2. The lowest BCUT2D eigenvalue weighted by Crippen LogP contribution is -2.42. The lowest BCUT2D eigenvalue weighted by atomic mass is 10.00. The average molecular weight is 589 g/mol. The first-order valence-corrected chi connectivity index (χ1v) is 16.3. The quantitative estimate of drug-likeness (QED) is 0.350. The Bertz CT molecular complexity index is 1510. The largest absolute Gasteiger partial charge is 0.317 e. The Hall–Kier alpha value is -2.19. The molecule has 0 saturated carbocycles. The van der Waals surface area contributed by atoms with Crippen molar-refractivity contribution < 1.29 is 13.2 Å². The predicted molar refractivity (Wildman–Crippen MR) is 162 cm³/mol. The first-order valence-electron chi connectivity index (χ1n) is 13.3. The molecule has 2 aliphatic heterocycles. The van der Waals surface area contributed by atoms with Crippen LogP contribution in [0.1, 0.15) is 42.7 Å². The van der Waals surface area contributed by atoms with E-state index in [1.165, 1.54) is 19.1 Å². The zero-order valence-corrected chi connectivity index (χ0v) is 25.3. The predicted octanol–water partition coefficient (Wildman–Crippen LogP) is 3.89. The highest BCUT2D eigenvalue weighted by Gasteiger charge is 2.27. The van der Waals surface area contributed by atoms with E-state index >= 15 is 0 Å². The molecule has 0 spiro atoms. The maximum Gasteiger partial charge on any atom is 0.281 e. The van der Waals surface area contributed by atoms with Gasteiger partial charge in [-0.15, -0.1) is 22.7 Å². The standard InChI is InChI=1S/C27H36N6O3S3/c1-17(2)29-12-8-24(34)31-27-25(20-7-11-28-16-23(20)38-27)26-30-21-15-19(5-6-22(21)37-26)18-9-13-33(14-10-18)39(35,36)32(3)4/h5-6,9,15,17,28-29H,7-8,10-14,16H2,1-4H3,(H,31,34). The van der Waals surface area contributed by atoms with E-state index in [9.17, 15) is 13.2 Å². The first kappa shape index (κ1) is 28.3. The lowest BCUT2D eigenvalue weighted by molar-refractivity contribution is -0.116. The Morgan fingerprint density at radius 1 is 1.23 bits per heavy atom. The lowest BCUT2D eigenvalue weighted by Gasteiger charge is -2.28. The van der Waals surface area contributed by atoms with Gasteiger partial charge < -0.3 is 16.0 Å². The molecule has 39 heavy (non-hydrogen) atoms. The number of benzene rings is 1. The molecular weight excluding hydrogens is 553 g/mol. The van der Waals surface area contributed by atoms with Crippen LogP contribution in [0.3, 0.4) is 0 Å². The first-order chi connectivity index (χ1) is 18.6. The summed E-state index contributed by atoms with van der Waals surface area (Å²) >= 11 is 3.30. The Morgan fingerprint density at radius 2 is 2.05 bits per heavy atom. The van der Waals surface area contributed by atoms with Gasteiger partial charge in [0.1, 0.15) is 10.0 Å². The molecule has 2 aliphatic rings. The molecule has 1 amide bonds. The second kappa shape index (κ2) is 11.7. The van der Waals surface area contributed by atoms with E-state index in [4.69, 9.17) is 4.98 Å². The second-order valence-electron chi connectivity index (χ2n) is 10.4. The van der Waals surface area contributed by atoms with E-state index in [1.807, 2.05) is 6.08 Å². The fourth-order valence-corrected chi connectivity index (χ4v) is 8.27. The van der Waals surface area contributed by atoms with Gasteiger partial charge in [0.25, 0.3) is 10.2 Å². The number of hydrogen-bond acceptors (Lipinski definition) is 8. The van der Waals surface area contributed by atoms with Gasteiger partial charge in [0.2, 0.25) is 5.91 Å². The molecule has 0 unspecified atom stereocenters. The van der Waals surface area contributed by atoms with E-state index < -0.39 is 10.2 Å². The van der Waals surface area contributed by atoms with Crippen molar-refractivity contribution in [3.05, 3.63) is 40.3 Å². The number of carbonyl (C=O) groups excluding carboxylic acids is 1. The Labute approximate surface area is 238 Å². The minimum Gasteiger partial charge on any atom is -0.317 e. The number of thiazole rings is 1. The molecule has 210 valence electrons. The monoisotopic (exact) mass is 588 g/mol. The maximum atomic E-state index is 12.8. The minimum atomic E-state index is -3.42. The van der Waals surface area contributed by atoms with Crippen molar-refractivity contribution in [2.45, 2.75) is 45.7 Å². The molecule has 0 bridgehead atoms. The molecule has 0 radical (unpaired) electrons. The van der Waals surface area contributed by atoms with Gasteiger partial charge in [0, 0.05) is 63.2 Å². The highest BCUT2D eigenvalue weighted by molar-refractivity contribution is 7.86. The Morgan fingerprint density at radius 3 is 2.77 bits per heavy atom. The van der Waals surface area contributed by atoms with Crippen LogP contribution < -0.4 is 16.0 Å². The summed E-state index contributed by atoms with van der Waals surface area (Å²) in [5.74, 6) is 0.00825. The average Bonchev–Trinajstić information content (AvgIpc) is 3.48. The number of carbonyl (C=O) groups is 1. The molecule has 0 atom stereocenters. The molecule has 2 aromatic heterocycles. The van der Waals surface area contributed by atoms with Crippen molar-refractivity contribution in [2.75, 3.05) is 45.6 Å². The van der Waals surface area contributed by atoms with E-state index in [0.717, 1.165) is 56.4 Å². The summed E-state index contributed by atoms with van der Waals surface area (Å²) < 4.78 is 28.8. The summed E-state index contributed by atoms with van der Waals surface area (Å²) in [6.07, 6.45) is 3.99. The van der Waals surface area contributed by atoms with E-state index in [1.54, 1.807) is 36.8 Å². The van der Waals surface area contributed by atoms with Gasteiger partial charge in [-0.3, -0.25) is 4.79 Å². The smallest absolute Gasteiger partial charge is 0.281 e.